The van der Waals surface area contributed by atoms with Crippen LogP contribution in [0.1, 0.15) is 16.1 Å². The average Bonchev–Trinajstić information content (AvgIpc) is 2.73. The highest BCUT2D eigenvalue weighted by molar-refractivity contribution is 9.10. The molecule has 1 unspecified atom stereocenters. The molecule has 2 rings (SSSR count). The van der Waals surface area contributed by atoms with E-state index in [-0.39, 0.29) is 12.3 Å². The molecule has 1 atom stereocenters. The van der Waals surface area contributed by atoms with Crippen molar-refractivity contribution in [1.82, 2.24) is 5.32 Å². The number of carboxylic acid groups (broad SMARTS) is 1. The second kappa shape index (κ2) is 5.64. The van der Waals surface area contributed by atoms with Crippen LogP contribution in [0.4, 0.5) is 0 Å². The Morgan fingerprint density at radius 3 is 2.80 bits per heavy atom. The second-order valence-corrected chi connectivity index (χ2v) is 5.18. The topological polar surface area (TPSA) is 99.8 Å². The van der Waals surface area contributed by atoms with Crippen molar-refractivity contribution in [3.63, 3.8) is 0 Å². The van der Waals surface area contributed by atoms with Gasteiger partial charge in [0.1, 0.15) is 5.58 Å². The lowest BCUT2D eigenvalue weighted by atomic mass is 10.1. The van der Waals surface area contributed by atoms with Crippen LogP contribution in [-0.4, -0.2) is 34.7 Å². The Morgan fingerprint density at radius 2 is 2.15 bits per heavy atom. The van der Waals surface area contributed by atoms with E-state index in [1.165, 1.54) is 0 Å². The smallest absolute Gasteiger partial charge is 0.334 e. The molecular weight excluding hydrogens is 330 g/mol. The Bertz CT molecular complexity index is 679. The lowest BCUT2D eigenvalue weighted by Crippen LogP contribution is -2.36. The normalized spacial score (nSPS) is 12.3. The van der Waals surface area contributed by atoms with Gasteiger partial charge in [-0.2, -0.15) is 0 Å². The van der Waals surface area contributed by atoms with E-state index in [1.54, 1.807) is 19.1 Å². The van der Waals surface area contributed by atoms with Gasteiger partial charge in [0.15, 0.2) is 11.9 Å². The van der Waals surface area contributed by atoms with E-state index < -0.39 is 18.0 Å². The first-order valence-electron chi connectivity index (χ1n) is 5.78. The molecule has 0 saturated heterocycles. The van der Waals surface area contributed by atoms with Gasteiger partial charge in [-0.25, -0.2) is 4.79 Å². The van der Waals surface area contributed by atoms with Crippen molar-refractivity contribution in [2.45, 2.75) is 13.0 Å². The van der Waals surface area contributed by atoms with Crippen LogP contribution < -0.4 is 5.32 Å². The summed E-state index contributed by atoms with van der Waals surface area (Å²) in [6, 6.07) is 5.35. The number of furan rings is 1. The summed E-state index contributed by atoms with van der Waals surface area (Å²) in [5.74, 6) is -1.85. The van der Waals surface area contributed by atoms with Gasteiger partial charge in [-0.1, -0.05) is 15.9 Å². The molecule has 0 spiro atoms. The Kier molecular flexibility index (Phi) is 4.10. The average molecular weight is 342 g/mol. The van der Waals surface area contributed by atoms with Crippen molar-refractivity contribution >= 4 is 38.8 Å². The first kappa shape index (κ1) is 14.5. The molecule has 106 valence electrons. The van der Waals surface area contributed by atoms with Gasteiger partial charge >= 0.3 is 5.97 Å². The van der Waals surface area contributed by atoms with Gasteiger partial charge in [0, 0.05) is 15.4 Å². The van der Waals surface area contributed by atoms with E-state index in [4.69, 9.17) is 14.6 Å². The molecule has 3 N–H and O–H groups in total. The molecule has 6 nitrogen and oxygen atoms in total. The van der Waals surface area contributed by atoms with Gasteiger partial charge in [0.25, 0.3) is 5.91 Å². The summed E-state index contributed by atoms with van der Waals surface area (Å²) >= 11 is 3.34. The van der Waals surface area contributed by atoms with Gasteiger partial charge in [-0.05, 0) is 25.1 Å². The molecule has 0 aliphatic heterocycles. The van der Waals surface area contributed by atoms with Crippen LogP contribution in [0.3, 0.4) is 0 Å². The quantitative estimate of drug-likeness (QED) is 0.785. The second-order valence-electron chi connectivity index (χ2n) is 4.26. The van der Waals surface area contributed by atoms with Gasteiger partial charge < -0.3 is 19.9 Å². The zero-order valence-corrected chi connectivity index (χ0v) is 12.1. The van der Waals surface area contributed by atoms with Crippen LogP contribution in [0.25, 0.3) is 11.0 Å². The highest BCUT2D eigenvalue weighted by Gasteiger charge is 2.20. The molecule has 7 heteroatoms. The highest BCUT2D eigenvalue weighted by atomic mass is 79.9. The molecule has 2 aromatic rings. The monoisotopic (exact) mass is 341 g/mol. The van der Waals surface area contributed by atoms with Crippen molar-refractivity contribution in [2.24, 2.45) is 0 Å². The number of carbonyl (C=O) groups excluding carboxylic acids is 1. The number of carboxylic acids is 1. The van der Waals surface area contributed by atoms with Crippen molar-refractivity contribution in [2.75, 3.05) is 6.54 Å². The van der Waals surface area contributed by atoms with Gasteiger partial charge in [0.05, 0.1) is 6.54 Å². The summed E-state index contributed by atoms with van der Waals surface area (Å²) in [5, 5.41) is 20.8. The number of rotatable bonds is 4. The third kappa shape index (κ3) is 2.83. The van der Waals surface area contributed by atoms with E-state index in [9.17, 15) is 9.59 Å². The Hall–Kier alpha value is -1.86. The fourth-order valence-corrected chi connectivity index (χ4v) is 2.13. The molecule has 0 aliphatic carbocycles. The maximum absolute atomic E-state index is 11.9. The SMILES string of the molecule is Cc1c(C(=O)NCC(O)C(=O)O)oc2ccc(Br)cc12. The number of benzene rings is 1. The molecule has 0 fully saturated rings. The summed E-state index contributed by atoms with van der Waals surface area (Å²) in [6.45, 7) is 1.36. The summed E-state index contributed by atoms with van der Waals surface area (Å²) in [5.41, 5.74) is 1.22. The number of aliphatic hydroxyl groups excluding tert-OH is 1. The largest absolute Gasteiger partial charge is 0.479 e. The molecule has 1 aromatic carbocycles. The summed E-state index contributed by atoms with van der Waals surface area (Å²) in [4.78, 5) is 22.4. The van der Waals surface area contributed by atoms with Crippen molar-refractivity contribution in [3.05, 3.63) is 34.0 Å². The highest BCUT2D eigenvalue weighted by Crippen LogP contribution is 2.27. The van der Waals surface area contributed by atoms with E-state index in [1.807, 2.05) is 6.07 Å². The van der Waals surface area contributed by atoms with Gasteiger partial charge in [-0.15, -0.1) is 0 Å². The number of aliphatic carboxylic acids is 1. The predicted molar refractivity (Wildman–Crippen MR) is 74.6 cm³/mol. The van der Waals surface area contributed by atoms with Crippen LogP contribution in [0.2, 0.25) is 0 Å². The maximum atomic E-state index is 11.9. The number of carbonyl (C=O) groups is 2. The number of aliphatic hydroxyl groups is 1. The molecule has 0 saturated carbocycles. The van der Waals surface area contributed by atoms with Crippen molar-refractivity contribution in [1.29, 1.82) is 0 Å². The standard InChI is InChI=1S/C13H12BrNO5/c1-6-8-4-7(14)2-3-10(8)20-11(6)12(17)15-5-9(16)13(18)19/h2-4,9,16H,5H2,1H3,(H,15,17)(H,18,19). The number of hydrogen-bond donors (Lipinski definition) is 3. The minimum atomic E-state index is -1.64. The van der Waals surface area contributed by atoms with Crippen molar-refractivity contribution in [3.8, 4) is 0 Å². The molecule has 1 aromatic heterocycles. The Balaban J connectivity index is 2.22. The van der Waals surface area contributed by atoms with Crippen LogP contribution >= 0.6 is 15.9 Å². The zero-order valence-electron chi connectivity index (χ0n) is 10.5. The first-order valence-corrected chi connectivity index (χ1v) is 6.57. The molecule has 0 bridgehead atoms. The summed E-state index contributed by atoms with van der Waals surface area (Å²) in [7, 11) is 0. The van der Waals surface area contributed by atoms with Gasteiger partial charge in [-0.3, -0.25) is 4.79 Å². The third-order valence-corrected chi connectivity index (χ3v) is 3.34. The van der Waals surface area contributed by atoms with E-state index in [2.05, 4.69) is 21.2 Å². The first-order chi connectivity index (χ1) is 9.40. The Morgan fingerprint density at radius 1 is 1.45 bits per heavy atom. The van der Waals surface area contributed by atoms with Crippen LogP contribution in [0.5, 0.6) is 0 Å². The molecule has 0 aliphatic rings. The van der Waals surface area contributed by atoms with Crippen LogP contribution in [0.15, 0.2) is 27.1 Å². The number of amides is 1. The van der Waals surface area contributed by atoms with Crippen LogP contribution in [-0.2, 0) is 4.79 Å². The Labute approximate surface area is 122 Å². The van der Waals surface area contributed by atoms with E-state index in [0.717, 1.165) is 9.86 Å². The van der Waals surface area contributed by atoms with E-state index in [0.29, 0.717) is 11.1 Å². The zero-order chi connectivity index (χ0) is 14.9. The van der Waals surface area contributed by atoms with Crippen molar-refractivity contribution < 1.29 is 24.2 Å². The maximum Gasteiger partial charge on any atom is 0.334 e. The predicted octanol–water partition coefficient (Wildman–Crippen LogP) is 1.68. The van der Waals surface area contributed by atoms with Crippen LogP contribution in [0, 0.1) is 6.92 Å². The van der Waals surface area contributed by atoms with E-state index >= 15 is 0 Å². The lowest BCUT2D eigenvalue weighted by molar-refractivity contribution is -0.146. The number of halogens is 1. The molecular formula is C13H12BrNO5. The summed E-state index contributed by atoms with van der Waals surface area (Å²) < 4.78 is 6.31. The fraction of sp³-hybridized carbons (Fsp3) is 0.231. The molecule has 20 heavy (non-hydrogen) atoms. The number of fused-ring (bicyclic) bond motifs is 1. The fourth-order valence-electron chi connectivity index (χ4n) is 1.77. The number of hydrogen-bond acceptors (Lipinski definition) is 4. The lowest BCUT2D eigenvalue weighted by Gasteiger charge is -2.06. The minimum absolute atomic E-state index is 0.107. The van der Waals surface area contributed by atoms with Gasteiger partial charge in [0.2, 0.25) is 0 Å². The number of nitrogens with one attached hydrogen (secondary N) is 1. The molecule has 0 radical (unpaired) electrons. The number of aryl methyl sites for hydroxylation is 1. The third-order valence-electron chi connectivity index (χ3n) is 2.85. The molecule has 1 heterocycles. The molecule has 1 amide bonds. The minimum Gasteiger partial charge on any atom is -0.479 e. The summed E-state index contributed by atoms with van der Waals surface area (Å²) in [6.07, 6.45) is -1.64.